The molecule has 0 spiro atoms. The van der Waals surface area contributed by atoms with Crippen molar-refractivity contribution in [3.8, 4) is 0 Å². The van der Waals surface area contributed by atoms with Crippen LogP contribution in [0, 0.1) is 4.91 Å². The van der Waals surface area contributed by atoms with Gasteiger partial charge in [0.1, 0.15) is 5.82 Å². The van der Waals surface area contributed by atoms with Crippen LogP contribution in [0.5, 0.6) is 0 Å². The maximum atomic E-state index is 10.6. The number of aryl methyl sites for hydroxylation is 2. The van der Waals surface area contributed by atoms with Crippen molar-refractivity contribution in [2.45, 2.75) is 70.4 Å². The molecule has 23 heavy (non-hydrogen) atoms. The molecule has 1 aromatic rings. The Labute approximate surface area is 136 Å². The van der Waals surface area contributed by atoms with Crippen LogP contribution in [0.25, 0.3) is 0 Å². The predicted octanol–water partition coefficient (Wildman–Crippen LogP) is 3.89. The molecule has 126 valence electrons. The van der Waals surface area contributed by atoms with Gasteiger partial charge in [-0.05, 0) is 48.9 Å². The van der Waals surface area contributed by atoms with Gasteiger partial charge in [-0.3, -0.25) is 4.79 Å². The molecule has 0 bridgehead atoms. The van der Waals surface area contributed by atoms with E-state index in [-0.39, 0.29) is 12.6 Å². The Morgan fingerprint density at radius 1 is 1.22 bits per heavy atom. The summed E-state index contributed by atoms with van der Waals surface area (Å²) in [7, 11) is 0. The van der Waals surface area contributed by atoms with Crippen molar-refractivity contribution in [3.63, 3.8) is 0 Å². The molecule has 0 saturated carbocycles. The predicted molar refractivity (Wildman–Crippen MR) is 89.4 cm³/mol. The fourth-order valence-electron chi connectivity index (χ4n) is 2.89. The molecule has 1 aliphatic heterocycles. The number of unbranched alkanes of at least 4 members (excludes halogenated alkanes) is 5. The third-order valence-electron chi connectivity index (χ3n) is 4.23. The zero-order valence-corrected chi connectivity index (χ0v) is 13.5. The Morgan fingerprint density at radius 3 is 2.70 bits per heavy atom. The van der Waals surface area contributed by atoms with Crippen molar-refractivity contribution in [3.05, 3.63) is 28.3 Å². The van der Waals surface area contributed by atoms with Gasteiger partial charge >= 0.3 is 5.97 Å². The number of nitrogens with one attached hydrogen (secondary N) is 1. The van der Waals surface area contributed by atoms with Gasteiger partial charge in [0.15, 0.2) is 6.17 Å². The minimum Gasteiger partial charge on any atom is -0.481 e. The molecule has 0 saturated heterocycles. The first-order chi connectivity index (χ1) is 11.2. The van der Waals surface area contributed by atoms with Crippen LogP contribution in [0.3, 0.4) is 0 Å². The molecule has 2 rings (SSSR count). The highest BCUT2D eigenvalue weighted by molar-refractivity contribution is 5.66. The Hall–Kier alpha value is -1.98. The van der Waals surface area contributed by atoms with E-state index in [9.17, 15) is 9.70 Å². The normalized spacial score (nSPS) is 16.4. The third kappa shape index (κ3) is 5.96. The monoisotopic (exact) mass is 319 g/mol. The fourth-order valence-corrected chi connectivity index (χ4v) is 2.89. The summed E-state index contributed by atoms with van der Waals surface area (Å²) in [4.78, 5) is 25.6. The van der Waals surface area contributed by atoms with Gasteiger partial charge in [-0.15, -0.1) is 4.91 Å². The molecule has 1 unspecified atom stereocenters. The van der Waals surface area contributed by atoms with E-state index >= 15 is 0 Å². The molecule has 2 heterocycles. The largest absolute Gasteiger partial charge is 0.481 e. The van der Waals surface area contributed by atoms with Crippen molar-refractivity contribution in [2.24, 2.45) is 5.18 Å². The summed E-state index contributed by atoms with van der Waals surface area (Å²) in [5.74, 6) is 0.108. The molecule has 6 heteroatoms. The van der Waals surface area contributed by atoms with Gasteiger partial charge in [-0.2, -0.15) is 0 Å². The average Bonchev–Trinajstić information content (AvgIpc) is 2.56. The SMILES string of the molecule is O=NC1CCc2ccc(CCCCCCCCC(=O)O)nc2N1. The molecule has 1 aromatic heterocycles. The molecule has 1 aliphatic rings. The highest BCUT2D eigenvalue weighted by Crippen LogP contribution is 2.24. The number of hydrogen-bond acceptors (Lipinski definition) is 5. The number of rotatable bonds is 10. The van der Waals surface area contributed by atoms with Crippen LogP contribution in [-0.2, 0) is 17.6 Å². The van der Waals surface area contributed by atoms with Gasteiger partial charge in [-0.1, -0.05) is 31.7 Å². The average molecular weight is 319 g/mol. The molecule has 0 amide bonds. The summed E-state index contributed by atoms with van der Waals surface area (Å²) in [6, 6.07) is 4.17. The molecule has 0 aromatic carbocycles. The first-order valence-electron chi connectivity index (χ1n) is 8.48. The highest BCUT2D eigenvalue weighted by atomic mass is 16.4. The van der Waals surface area contributed by atoms with E-state index in [1.54, 1.807) is 0 Å². The first-order valence-corrected chi connectivity index (χ1v) is 8.48. The smallest absolute Gasteiger partial charge is 0.303 e. The van der Waals surface area contributed by atoms with E-state index in [1.807, 2.05) is 0 Å². The lowest BCUT2D eigenvalue weighted by Gasteiger charge is -2.21. The standard InChI is InChI=1S/C17H25N3O3/c21-16(22)8-6-4-2-1-3-5-7-14-11-9-13-10-12-15(20-23)19-17(13)18-14/h9,11,15H,1-8,10,12H2,(H,18,19)(H,21,22). The summed E-state index contributed by atoms with van der Waals surface area (Å²) < 4.78 is 0. The Morgan fingerprint density at radius 2 is 1.96 bits per heavy atom. The Balaban J connectivity index is 1.64. The van der Waals surface area contributed by atoms with Crippen molar-refractivity contribution >= 4 is 11.8 Å². The zero-order chi connectivity index (χ0) is 16.5. The molecule has 6 nitrogen and oxygen atoms in total. The number of carboxylic acids is 1. The van der Waals surface area contributed by atoms with Gasteiger partial charge in [0.25, 0.3) is 0 Å². The van der Waals surface area contributed by atoms with E-state index in [1.165, 1.54) is 0 Å². The lowest BCUT2D eigenvalue weighted by molar-refractivity contribution is -0.137. The zero-order valence-electron chi connectivity index (χ0n) is 13.5. The number of carboxylic acid groups (broad SMARTS) is 1. The third-order valence-corrected chi connectivity index (χ3v) is 4.23. The van der Waals surface area contributed by atoms with E-state index < -0.39 is 5.97 Å². The summed E-state index contributed by atoms with van der Waals surface area (Å²) in [5.41, 5.74) is 2.21. The quantitative estimate of drug-likeness (QED) is 0.504. The van der Waals surface area contributed by atoms with Crippen LogP contribution in [0.2, 0.25) is 0 Å². The molecule has 0 fully saturated rings. The van der Waals surface area contributed by atoms with E-state index in [0.29, 0.717) is 0 Å². The number of aliphatic carboxylic acids is 1. The number of aromatic nitrogens is 1. The minimum atomic E-state index is -0.705. The summed E-state index contributed by atoms with van der Waals surface area (Å²) in [6.45, 7) is 0. The van der Waals surface area contributed by atoms with Gasteiger partial charge in [0, 0.05) is 12.1 Å². The molecular formula is C17H25N3O3. The Kier molecular flexibility index (Phi) is 6.97. The summed E-state index contributed by atoms with van der Waals surface area (Å²) >= 11 is 0. The fraction of sp³-hybridized carbons (Fsp3) is 0.647. The topological polar surface area (TPSA) is 91.7 Å². The van der Waals surface area contributed by atoms with Crippen molar-refractivity contribution in [2.75, 3.05) is 5.32 Å². The summed E-state index contributed by atoms with van der Waals surface area (Å²) in [6.07, 6.45) is 8.67. The van der Waals surface area contributed by atoms with Gasteiger partial charge in [0.2, 0.25) is 0 Å². The lowest BCUT2D eigenvalue weighted by Crippen LogP contribution is -2.24. The summed E-state index contributed by atoms with van der Waals surface area (Å²) in [5, 5.41) is 14.7. The van der Waals surface area contributed by atoms with Gasteiger partial charge in [0.05, 0.1) is 0 Å². The molecular weight excluding hydrogens is 294 g/mol. The van der Waals surface area contributed by atoms with Crippen LogP contribution >= 0.6 is 0 Å². The van der Waals surface area contributed by atoms with Crippen molar-refractivity contribution < 1.29 is 9.90 Å². The van der Waals surface area contributed by atoms with Crippen LogP contribution in [0.4, 0.5) is 5.82 Å². The minimum absolute atomic E-state index is 0.280. The van der Waals surface area contributed by atoms with Crippen LogP contribution in [0.15, 0.2) is 17.3 Å². The number of hydrogen-bond donors (Lipinski definition) is 2. The first kappa shape index (κ1) is 17.4. The second kappa shape index (κ2) is 9.22. The maximum Gasteiger partial charge on any atom is 0.303 e. The van der Waals surface area contributed by atoms with Crippen molar-refractivity contribution in [1.82, 2.24) is 4.98 Å². The molecule has 1 atom stereocenters. The van der Waals surface area contributed by atoms with Crippen LogP contribution in [-0.4, -0.2) is 22.2 Å². The number of pyridine rings is 1. The number of carbonyl (C=O) groups is 1. The molecule has 2 N–H and O–H groups in total. The lowest BCUT2D eigenvalue weighted by atomic mass is 10.0. The maximum absolute atomic E-state index is 10.6. The number of nitrogens with zero attached hydrogens (tertiary/aromatic N) is 2. The van der Waals surface area contributed by atoms with Crippen LogP contribution < -0.4 is 5.32 Å². The van der Waals surface area contributed by atoms with Crippen LogP contribution in [0.1, 0.15) is 62.6 Å². The number of anilines is 1. The number of fused-ring (bicyclic) bond motifs is 1. The van der Waals surface area contributed by atoms with E-state index in [4.69, 9.17) is 5.11 Å². The van der Waals surface area contributed by atoms with Gasteiger partial charge in [-0.25, -0.2) is 4.98 Å². The number of nitroso groups, excluding NO2 is 1. The Bertz CT molecular complexity index is 534. The second-order valence-electron chi connectivity index (χ2n) is 6.13. The van der Waals surface area contributed by atoms with E-state index in [2.05, 4.69) is 27.6 Å². The molecule has 0 aliphatic carbocycles. The second-order valence-corrected chi connectivity index (χ2v) is 6.13. The van der Waals surface area contributed by atoms with Crippen molar-refractivity contribution in [1.29, 1.82) is 0 Å². The highest BCUT2D eigenvalue weighted by Gasteiger charge is 2.19. The van der Waals surface area contributed by atoms with E-state index in [0.717, 1.165) is 74.9 Å². The molecule has 0 radical (unpaired) electrons. The van der Waals surface area contributed by atoms with Gasteiger partial charge < -0.3 is 10.4 Å².